The van der Waals surface area contributed by atoms with E-state index in [0.29, 0.717) is 17.1 Å². The summed E-state index contributed by atoms with van der Waals surface area (Å²) in [5.74, 6) is 0.685. The molecule has 0 fully saturated rings. The van der Waals surface area contributed by atoms with E-state index in [1.54, 1.807) is 54.6 Å². The van der Waals surface area contributed by atoms with Crippen molar-refractivity contribution in [2.75, 3.05) is 6.86 Å². The summed E-state index contributed by atoms with van der Waals surface area (Å²) in [5, 5.41) is 7.36. The van der Waals surface area contributed by atoms with Gasteiger partial charge in [-0.25, -0.2) is 4.39 Å². The molecule has 0 atom stereocenters. The lowest BCUT2D eigenvalue weighted by Crippen LogP contribution is -1.93. The Morgan fingerprint density at radius 2 is 1.75 bits per heavy atom. The molecule has 0 saturated heterocycles. The molecule has 0 spiro atoms. The smallest absolute Gasteiger partial charge is 0.253 e. The number of rotatable bonds is 5. The predicted molar refractivity (Wildman–Crippen MR) is 75.9 cm³/mol. The number of carbonyl (C=O) groups is 1. The van der Waals surface area contributed by atoms with E-state index in [9.17, 15) is 9.18 Å². The molecular formula is C16H14FO3+. The van der Waals surface area contributed by atoms with Crippen molar-refractivity contribution in [2.24, 2.45) is 0 Å². The van der Waals surface area contributed by atoms with Gasteiger partial charge in [-0.05, 0) is 35.9 Å². The summed E-state index contributed by atoms with van der Waals surface area (Å²) in [5.41, 5.74) is 1.36. The van der Waals surface area contributed by atoms with E-state index in [0.717, 1.165) is 5.56 Å². The van der Waals surface area contributed by atoms with E-state index in [2.05, 4.69) is 0 Å². The molecule has 0 bridgehead atoms. The van der Waals surface area contributed by atoms with Crippen LogP contribution in [0.25, 0.3) is 6.08 Å². The summed E-state index contributed by atoms with van der Waals surface area (Å²) in [7, 11) is 0. The lowest BCUT2D eigenvalue weighted by atomic mass is 10.1. The second-order valence-corrected chi connectivity index (χ2v) is 4.10. The molecule has 2 N–H and O–H groups in total. The Bertz CT molecular complexity index is 601. The third kappa shape index (κ3) is 3.68. The molecule has 0 unspecified atom stereocenters. The fourth-order valence-corrected chi connectivity index (χ4v) is 1.64. The Morgan fingerprint density at radius 1 is 1.10 bits per heavy atom. The van der Waals surface area contributed by atoms with Crippen LogP contribution < -0.4 is 4.74 Å². The van der Waals surface area contributed by atoms with Crippen LogP contribution in [-0.4, -0.2) is 17.8 Å². The normalized spacial score (nSPS) is 10.7. The Labute approximate surface area is 115 Å². The van der Waals surface area contributed by atoms with E-state index in [-0.39, 0.29) is 5.78 Å². The minimum atomic E-state index is -0.861. The fourth-order valence-electron chi connectivity index (χ4n) is 1.64. The van der Waals surface area contributed by atoms with Crippen LogP contribution in [0.4, 0.5) is 4.39 Å². The molecule has 2 aromatic carbocycles. The Morgan fingerprint density at radius 3 is 2.35 bits per heavy atom. The van der Waals surface area contributed by atoms with Gasteiger partial charge in [-0.15, -0.1) is 0 Å². The quantitative estimate of drug-likeness (QED) is 0.476. The maximum atomic E-state index is 12.0. The average molecular weight is 273 g/mol. The summed E-state index contributed by atoms with van der Waals surface area (Å²) in [6, 6.07) is 13.1. The van der Waals surface area contributed by atoms with Gasteiger partial charge in [0, 0.05) is 17.7 Å². The van der Waals surface area contributed by atoms with Crippen molar-refractivity contribution in [3.05, 3.63) is 65.7 Å². The first kappa shape index (κ1) is 13.8. The van der Waals surface area contributed by atoms with E-state index >= 15 is 0 Å². The van der Waals surface area contributed by atoms with E-state index < -0.39 is 6.86 Å². The SMILES string of the molecule is O=C(C=Cc1ccc(OCF)cc1)c1ccc([OH2+])cc1. The predicted octanol–water partition coefficient (Wildman–Crippen LogP) is 3.33. The summed E-state index contributed by atoms with van der Waals surface area (Å²) < 4.78 is 16.6. The molecule has 2 rings (SSSR count). The highest BCUT2D eigenvalue weighted by Gasteiger charge is 2.02. The van der Waals surface area contributed by atoms with Crippen LogP contribution >= 0.6 is 0 Å². The summed E-state index contributed by atoms with van der Waals surface area (Å²) in [4.78, 5) is 11.9. The fraction of sp³-hybridized carbons (Fsp3) is 0.0625. The molecule has 20 heavy (non-hydrogen) atoms. The van der Waals surface area contributed by atoms with Gasteiger partial charge in [0.25, 0.3) is 5.75 Å². The minimum Gasteiger partial charge on any atom is -0.593 e. The van der Waals surface area contributed by atoms with Crippen LogP contribution in [0.3, 0.4) is 0 Å². The van der Waals surface area contributed by atoms with Gasteiger partial charge in [0.05, 0.1) is 0 Å². The second kappa shape index (κ2) is 6.52. The molecule has 0 amide bonds. The lowest BCUT2D eigenvalue weighted by molar-refractivity contribution is 0.104. The van der Waals surface area contributed by atoms with E-state index in [1.165, 1.54) is 6.08 Å². The number of carbonyl (C=O) groups excluding carboxylic acids is 1. The number of allylic oxidation sites excluding steroid dienone is 1. The van der Waals surface area contributed by atoms with Crippen LogP contribution in [0.2, 0.25) is 0 Å². The number of hydrogen-bond acceptors (Lipinski definition) is 2. The van der Waals surface area contributed by atoms with Crippen molar-refractivity contribution < 1.29 is 19.0 Å². The van der Waals surface area contributed by atoms with Crippen molar-refractivity contribution in [1.82, 2.24) is 0 Å². The highest BCUT2D eigenvalue weighted by atomic mass is 19.1. The zero-order valence-corrected chi connectivity index (χ0v) is 10.7. The molecule has 0 aliphatic heterocycles. The number of halogens is 1. The molecule has 0 saturated carbocycles. The molecule has 4 heteroatoms. The first-order valence-electron chi connectivity index (χ1n) is 6.02. The molecule has 0 radical (unpaired) electrons. The highest BCUT2D eigenvalue weighted by molar-refractivity contribution is 6.06. The monoisotopic (exact) mass is 273 g/mol. The first-order chi connectivity index (χ1) is 9.69. The minimum absolute atomic E-state index is 0.130. The number of ether oxygens (including phenoxy) is 1. The van der Waals surface area contributed by atoms with Crippen molar-refractivity contribution in [3.63, 3.8) is 0 Å². The van der Waals surface area contributed by atoms with Crippen molar-refractivity contribution in [3.8, 4) is 11.5 Å². The van der Waals surface area contributed by atoms with Gasteiger partial charge >= 0.3 is 0 Å². The first-order valence-corrected chi connectivity index (χ1v) is 6.02. The number of hydrogen-bond donors (Lipinski definition) is 0. The van der Waals surface area contributed by atoms with E-state index in [4.69, 9.17) is 9.84 Å². The molecule has 0 aliphatic rings. The Hall–Kier alpha value is -2.62. The summed E-state index contributed by atoms with van der Waals surface area (Å²) >= 11 is 0. The van der Waals surface area contributed by atoms with Crippen molar-refractivity contribution in [1.29, 1.82) is 0 Å². The Kier molecular flexibility index (Phi) is 4.50. The number of alkyl halides is 1. The van der Waals surface area contributed by atoms with Gasteiger partial charge in [0.15, 0.2) is 5.78 Å². The van der Waals surface area contributed by atoms with Crippen molar-refractivity contribution in [2.45, 2.75) is 0 Å². The van der Waals surface area contributed by atoms with Crippen LogP contribution in [-0.2, 0) is 0 Å². The second-order valence-electron chi connectivity index (χ2n) is 4.10. The average Bonchev–Trinajstić information content (AvgIpc) is 2.47. The summed E-state index contributed by atoms with van der Waals surface area (Å²) in [6.45, 7) is -0.861. The lowest BCUT2D eigenvalue weighted by Gasteiger charge is -2.00. The largest absolute Gasteiger partial charge is 0.593 e. The van der Waals surface area contributed by atoms with E-state index in [1.807, 2.05) is 0 Å². The maximum absolute atomic E-state index is 12.0. The van der Waals surface area contributed by atoms with Gasteiger partial charge in [-0.2, -0.15) is 0 Å². The van der Waals surface area contributed by atoms with Crippen LogP contribution in [0.15, 0.2) is 54.6 Å². The summed E-state index contributed by atoms with van der Waals surface area (Å²) in [6.07, 6.45) is 3.14. The molecule has 102 valence electrons. The molecule has 0 heterocycles. The zero-order chi connectivity index (χ0) is 14.4. The van der Waals surface area contributed by atoms with Gasteiger partial charge in [-0.1, -0.05) is 18.2 Å². The van der Waals surface area contributed by atoms with Gasteiger partial charge in [0.2, 0.25) is 6.86 Å². The highest BCUT2D eigenvalue weighted by Crippen LogP contribution is 2.14. The number of benzene rings is 2. The van der Waals surface area contributed by atoms with Crippen LogP contribution in [0.5, 0.6) is 11.5 Å². The standard InChI is InChI=1S/C16H13FO3/c17-11-20-15-8-1-12(2-9-15)3-10-16(19)13-4-6-14(18)7-5-13/h1-10,18H,11H2/p+1. The molecule has 3 nitrogen and oxygen atoms in total. The van der Waals surface area contributed by atoms with Crippen LogP contribution in [0.1, 0.15) is 15.9 Å². The Balaban J connectivity index is 2.04. The molecule has 2 aromatic rings. The van der Waals surface area contributed by atoms with Gasteiger partial charge < -0.3 is 9.84 Å². The third-order valence-electron chi connectivity index (χ3n) is 2.70. The molecule has 0 aliphatic carbocycles. The maximum Gasteiger partial charge on any atom is 0.253 e. The topological polar surface area (TPSA) is 49.2 Å². The molecule has 0 aromatic heterocycles. The van der Waals surface area contributed by atoms with Gasteiger partial charge in [-0.3, -0.25) is 4.79 Å². The zero-order valence-electron chi connectivity index (χ0n) is 10.7. The van der Waals surface area contributed by atoms with Gasteiger partial charge in [0.1, 0.15) is 5.75 Å². The third-order valence-corrected chi connectivity index (χ3v) is 2.70. The molecular weight excluding hydrogens is 259 g/mol. The van der Waals surface area contributed by atoms with Crippen molar-refractivity contribution >= 4 is 11.9 Å². The van der Waals surface area contributed by atoms with Crippen LogP contribution in [0, 0.1) is 0 Å². The number of ketones is 1.